The van der Waals surface area contributed by atoms with Gasteiger partial charge < -0.3 is 20.1 Å². The Morgan fingerprint density at radius 3 is 2.17 bits per heavy atom. The number of nitrogens with one attached hydrogen (secondary N) is 2. The van der Waals surface area contributed by atoms with Crippen LogP contribution in [0.2, 0.25) is 0 Å². The Morgan fingerprint density at radius 1 is 0.958 bits per heavy atom. The third-order valence-electron chi connectivity index (χ3n) is 3.01. The van der Waals surface area contributed by atoms with Gasteiger partial charge >= 0.3 is 11.8 Å². The molecule has 1 aromatic rings. The van der Waals surface area contributed by atoms with Crippen LogP contribution < -0.4 is 15.4 Å². The van der Waals surface area contributed by atoms with Crippen molar-refractivity contribution in [3.8, 4) is 5.75 Å². The molecule has 134 valence electrons. The van der Waals surface area contributed by atoms with Crippen LogP contribution in [-0.4, -0.2) is 37.2 Å². The van der Waals surface area contributed by atoms with Crippen molar-refractivity contribution in [2.24, 2.45) is 0 Å². The highest BCUT2D eigenvalue weighted by molar-refractivity contribution is 6.35. The van der Waals surface area contributed by atoms with E-state index in [2.05, 4.69) is 10.6 Å². The van der Waals surface area contributed by atoms with Crippen molar-refractivity contribution in [3.63, 3.8) is 0 Å². The van der Waals surface area contributed by atoms with Crippen molar-refractivity contribution >= 4 is 11.8 Å². The van der Waals surface area contributed by atoms with E-state index in [0.29, 0.717) is 26.1 Å². The van der Waals surface area contributed by atoms with E-state index in [1.54, 1.807) is 0 Å². The lowest BCUT2D eigenvalue weighted by Gasteiger charge is -2.11. The number of ether oxygens (including phenoxy) is 2. The summed E-state index contributed by atoms with van der Waals surface area (Å²) in [7, 11) is 0. The average Bonchev–Trinajstić information content (AvgIpc) is 2.52. The van der Waals surface area contributed by atoms with E-state index in [0.717, 1.165) is 11.3 Å². The molecule has 0 aromatic heterocycles. The molecule has 2 amide bonds. The lowest BCUT2D eigenvalue weighted by molar-refractivity contribution is -0.139. The molecule has 1 aromatic carbocycles. The SMILES string of the molecule is CC(C)OCCCNC(=O)C(=O)NCc1ccc(OC(C)C)cc1. The van der Waals surface area contributed by atoms with Gasteiger partial charge in [0.2, 0.25) is 0 Å². The van der Waals surface area contributed by atoms with Crippen molar-refractivity contribution in [1.82, 2.24) is 10.6 Å². The van der Waals surface area contributed by atoms with Gasteiger partial charge in [-0.15, -0.1) is 0 Å². The van der Waals surface area contributed by atoms with Gasteiger partial charge in [0.1, 0.15) is 5.75 Å². The molecule has 0 saturated heterocycles. The van der Waals surface area contributed by atoms with Crippen LogP contribution in [-0.2, 0) is 20.9 Å². The van der Waals surface area contributed by atoms with E-state index >= 15 is 0 Å². The van der Waals surface area contributed by atoms with Gasteiger partial charge in [-0.3, -0.25) is 9.59 Å². The first kappa shape index (κ1) is 20.0. The van der Waals surface area contributed by atoms with Gasteiger partial charge in [-0.1, -0.05) is 12.1 Å². The number of amides is 2. The first-order valence-electron chi connectivity index (χ1n) is 8.31. The van der Waals surface area contributed by atoms with Gasteiger partial charge in [0, 0.05) is 19.7 Å². The standard InChI is InChI=1S/C18H28N2O4/c1-13(2)23-11-5-10-19-17(21)18(22)20-12-15-6-8-16(9-7-15)24-14(3)4/h6-9,13-14H,5,10-12H2,1-4H3,(H,19,21)(H,20,22). The fourth-order valence-corrected chi connectivity index (χ4v) is 1.89. The highest BCUT2D eigenvalue weighted by atomic mass is 16.5. The van der Waals surface area contributed by atoms with Crippen LogP contribution in [0.5, 0.6) is 5.75 Å². The summed E-state index contributed by atoms with van der Waals surface area (Å²) in [6.45, 7) is 9.10. The molecular weight excluding hydrogens is 308 g/mol. The Balaban J connectivity index is 2.25. The Labute approximate surface area is 143 Å². The van der Waals surface area contributed by atoms with E-state index in [1.807, 2.05) is 52.0 Å². The number of hydrogen-bond donors (Lipinski definition) is 2. The molecule has 0 unspecified atom stereocenters. The maximum Gasteiger partial charge on any atom is 0.309 e. The molecule has 24 heavy (non-hydrogen) atoms. The third kappa shape index (κ3) is 8.53. The van der Waals surface area contributed by atoms with Crippen molar-refractivity contribution in [3.05, 3.63) is 29.8 Å². The molecule has 0 bridgehead atoms. The summed E-state index contributed by atoms with van der Waals surface area (Å²) in [5.74, 6) is -0.483. The van der Waals surface area contributed by atoms with E-state index in [-0.39, 0.29) is 12.2 Å². The first-order chi connectivity index (χ1) is 11.4. The summed E-state index contributed by atoms with van der Waals surface area (Å²) in [6, 6.07) is 7.41. The fraction of sp³-hybridized carbons (Fsp3) is 0.556. The molecule has 0 heterocycles. The van der Waals surface area contributed by atoms with E-state index in [1.165, 1.54) is 0 Å². The molecule has 0 aliphatic carbocycles. The van der Waals surface area contributed by atoms with Gasteiger partial charge in [0.25, 0.3) is 0 Å². The summed E-state index contributed by atoms with van der Waals surface area (Å²) in [5, 5.41) is 5.17. The molecule has 0 aliphatic heterocycles. The zero-order chi connectivity index (χ0) is 17.9. The summed E-state index contributed by atoms with van der Waals surface area (Å²) < 4.78 is 10.9. The van der Waals surface area contributed by atoms with Crippen LogP contribution in [0.15, 0.2) is 24.3 Å². The molecule has 2 N–H and O–H groups in total. The van der Waals surface area contributed by atoms with E-state index in [9.17, 15) is 9.59 Å². The van der Waals surface area contributed by atoms with Gasteiger partial charge in [-0.05, 0) is 51.8 Å². The normalized spacial score (nSPS) is 10.8. The number of carbonyl (C=O) groups is 2. The molecular formula is C18H28N2O4. The number of rotatable bonds is 9. The van der Waals surface area contributed by atoms with E-state index < -0.39 is 11.8 Å². The monoisotopic (exact) mass is 336 g/mol. The van der Waals surface area contributed by atoms with Gasteiger partial charge in [-0.25, -0.2) is 0 Å². The molecule has 6 heteroatoms. The molecule has 0 spiro atoms. The topological polar surface area (TPSA) is 76.7 Å². The van der Waals surface area contributed by atoms with Crippen molar-refractivity contribution in [1.29, 1.82) is 0 Å². The maximum absolute atomic E-state index is 11.7. The van der Waals surface area contributed by atoms with Crippen molar-refractivity contribution in [2.75, 3.05) is 13.2 Å². The van der Waals surface area contributed by atoms with Crippen LogP contribution in [0.1, 0.15) is 39.7 Å². The van der Waals surface area contributed by atoms with Gasteiger partial charge in [-0.2, -0.15) is 0 Å². The van der Waals surface area contributed by atoms with Crippen LogP contribution in [0.25, 0.3) is 0 Å². The highest BCUT2D eigenvalue weighted by Gasteiger charge is 2.12. The van der Waals surface area contributed by atoms with Crippen LogP contribution >= 0.6 is 0 Å². The third-order valence-corrected chi connectivity index (χ3v) is 3.01. The van der Waals surface area contributed by atoms with Gasteiger partial charge in [0.05, 0.1) is 12.2 Å². The van der Waals surface area contributed by atoms with Crippen molar-refractivity contribution in [2.45, 2.75) is 52.9 Å². The zero-order valence-electron chi connectivity index (χ0n) is 14.9. The smallest absolute Gasteiger partial charge is 0.309 e. The highest BCUT2D eigenvalue weighted by Crippen LogP contribution is 2.13. The second-order valence-electron chi connectivity index (χ2n) is 6.02. The summed E-state index contributed by atoms with van der Waals surface area (Å²) in [4.78, 5) is 23.4. The summed E-state index contributed by atoms with van der Waals surface area (Å²) in [5.41, 5.74) is 0.901. The zero-order valence-corrected chi connectivity index (χ0v) is 14.9. The fourth-order valence-electron chi connectivity index (χ4n) is 1.89. The van der Waals surface area contributed by atoms with Crippen molar-refractivity contribution < 1.29 is 19.1 Å². The first-order valence-corrected chi connectivity index (χ1v) is 8.31. The van der Waals surface area contributed by atoms with E-state index in [4.69, 9.17) is 9.47 Å². The lowest BCUT2D eigenvalue weighted by Crippen LogP contribution is -2.40. The molecule has 6 nitrogen and oxygen atoms in total. The quantitative estimate of drug-likeness (QED) is 0.534. The predicted octanol–water partition coefficient (Wildman–Crippen LogP) is 2.02. The molecule has 0 atom stereocenters. The number of hydrogen-bond acceptors (Lipinski definition) is 4. The Morgan fingerprint density at radius 2 is 1.58 bits per heavy atom. The maximum atomic E-state index is 11.7. The Bertz CT molecular complexity index is 512. The molecule has 1 rings (SSSR count). The second-order valence-corrected chi connectivity index (χ2v) is 6.02. The number of benzene rings is 1. The minimum Gasteiger partial charge on any atom is -0.491 e. The van der Waals surface area contributed by atoms with Gasteiger partial charge in [0.15, 0.2) is 0 Å². The Hall–Kier alpha value is -2.08. The Kier molecular flexibility index (Phi) is 8.86. The van der Waals surface area contributed by atoms with Crippen LogP contribution in [0.4, 0.5) is 0 Å². The minimum absolute atomic E-state index is 0.116. The van der Waals surface area contributed by atoms with Crippen LogP contribution in [0.3, 0.4) is 0 Å². The average molecular weight is 336 g/mol. The largest absolute Gasteiger partial charge is 0.491 e. The molecule has 0 radical (unpaired) electrons. The molecule has 0 aliphatic rings. The summed E-state index contributed by atoms with van der Waals surface area (Å²) >= 11 is 0. The molecule has 0 saturated carbocycles. The van der Waals surface area contributed by atoms with Crippen LogP contribution in [0, 0.1) is 0 Å². The molecule has 0 fully saturated rings. The lowest BCUT2D eigenvalue weighted by atomic mass is 10.2. The minimum atomic E-state index is -0.637. The number of carbonyl (C=O) groups excluding carboxylic acids is 2. The predicted molar refractivity (Wildman–Crippen MR) is 92.8 cm³/mol. The second kappa shape index (κ2) is 10.6. The summed E-state index contributed by atoms with van der Waals surface area (Å²) in [6.07, 6.45) is 0.959.